The molecule has 4 rings (SSSR count). The van der Waals surface area contributed by atoms with Crippen molar-refractivity contribution >= 4 is 27.9 Å². The molecule has 0 aliphatic carbocycles. The minimum atomic E-state index is -4.85. The average Bonchev–Trinajstić information content (AvgIpc) is 3.23. The Balaban J connectivity index is 1.62. The lowest BCUT2D eigenvalue weighted by atomic mass is 10.2. The summed E-state index contributed by atoms with van der Waals surface area (Å²) < 4.78 is 43.5. The molecule has 0 aliphatic heterocycles. The Kier molecular flexibility index (Phi) is 4.75. The van der Waals surface area contributed by atoms with Gasteiger partial charge in [0.2, 0.25) is 0 Å². The number of alkyl halides is 3. The van der Waals surface area contributed by atoms with Gasteiger partial charge in [-0.2, -0.15) is 0 Å². The van der Waals surface area contributed by atoms with E-state index in [0.29, 0.717) is 15.5 Å². The molecule has 0 unspecified atom stereocenters. The van der Waals surface area contributed by atoms with Gasteiger partial charge in [0.1, 0.15) is 4.88 Å². The number of amides is 1. The van der Waals surface area contributed by atoms with Gasteiger partial charge in [0.25, 0.3) is 5.91 Å². The lowest BCUT2D eigenvalue weighted by molar-refractivity contribution is -0.274. The number of carbonyl (C=O) groups excluding carboxylic acids is 1. The lowest BCUT2D eigenvalue weighted by Gasteiger charge is -2.13. The van der Waals surface area contributed by atoms with Crippen LogP contribution in [-0.2, 0) is 0 Å². The van der Waals surface area contributed by atoms with Crippen LogP contribution in [0.25, 0.3) is 16.2 Å². The fourth-order valence-electron chi connectivity index (χ4n) is 2.87. The number of ether oxygens (including phenoxy) is 1. The van der Waals surface area contributed by atoms with E-state index in [9.17, 15) is 18.0 Å². The summed E-state index contributed by atoms with van der Waals surface area (Å²) in [7, 11) is 0. The molecule has 2 heterocycles. The Hall–Kier alpha value is -3.33. The maximum atomic E-state index is 12.7. The highest BCUT2D eigenvalue weighted by atomic mass is 32.1. The molecule has 0 bridgehead atoms. The summed E-state index contributed by atoms with van der Waals surface area (Å²) in [5.41, 5.74) is 2.31. The van der Waals surface area contributed by atoms with Crippen molar-refractivity contribution in [3.8, 4) is 17.0 Å². The Labute approximate surface area is 167 Å². The molecule has 1 amide bonds. The molecule has 2 aromatic heterocycles. The number of aromatic nitrogens is 2. The Morgan fingerprint density at radius 3 is 2.48 bits per heavy atom. The van der Waals surface area contributed by atoms with Crippen LogP contribution in [0.15, 0.2) is 60.8 Å². The van der Waals surface area contributed by atoms with Gasteiger partial charge in [0, 0.05) is 17.5 Å². The van der Waals surface area contributed by atoms with Crippen molar-refractivity contribution in [3.05, 3.63) is 71.4 Å². The lowest BCUT2D eigenvalue weighted by Crippen LogP contribution is -2.19. The Morgan fingerprint density at radius 2 is 1.79 bits per heavy atom. The highest BCUT2D eigenvalue weighted by molar-refractivity contribution is 7.19. The van der Waals surface area contributed by atoms with Gasteiger partial charge in [-0.05, 0) is 19.1 Å². The van der Waals surface area contributed by atoms with Gasteiger partial charge < -0.3 is 10.1 Å². The monoisotopic (exact) mass is 417 g/mol. The number of nitrogens with one attached hydrogen (secondary N) is 1. The first-order valence-corrected chi connectivity index (χ1v) is 9.33. The van der Waals surface area contributed by atoms with Crippen LogP contribution in [0, 0.1) is 6.92 Å². The Bertz CT molecular complexity index is 1180. The number of para-hydroxylation sites is 2. The number of nitrogens with zero attached hydrogens (tertiary/aromatic N) is 2. The van der Waals surface area contributed by atoms with Crippen LogP contribution in [0.3, 0.4) is 0 Å². The number of aryl methyl sites for hydroxylation is 1. The smallest absolute Gasteiger partial charge is 0.404 e. The van der Waals surface area contributed by atoms with E-state index in [1.807, 2.05) is 36.5 Å². The van der Waals surface area contributed by atoms with Crippen molar-refractivity contribution < 1.29 is 22.7 Å². The quantitative estimate of drug-likeness (QED) is 0.476. The summed E-state index contributed by atoms with van der Waals surface area (Å²) in [4.78, 5) is 18.2. The molecule has 9 heteroatoms. The molecule has 0 atom stereocenters. The first kappa shape index (κ1) is 19.0. The highest BCUT2D eigenvalue weighted by Crippen LogP contribution is 2.32. The minimum absolute atomic E-state index is 0.0646. The molecule has 29 heavy (non-hydrogen) atoms. The van der Waals surface area contributed by atoms with E-state index in [2.05, 4.69) is 15.0 Å². The van der Waals surface area contributed by atoms with Gasteiger partial charge in [0.15, 0.2) is 10.7 Å². The second-order valence-corrected chi connectivity index (χ2v) is 7.14. The summed E-state index contributed by atoms with van der Waals surface area (Å²) in [5, 5.41) is 2.49. The first-order valence-electron chi connectivity index (χ1n) is 8.52. The zero-order chi connectivity index (χ0) is 20.6. The fraction of sp³-hybridized carbons (Fsp3) is 0.100. The maximum Gasteiger partial charge on any atom is 0.573 e. The normalized spacial score (nSPS) is 11.6. The third-order valence-corrected chi connectivity index (χ3v) is 5.35. The predicted octanol–water partition coefficient (Wildman–Crippen LogP) is 5.52. The molecule has 0 aliphatic rings. The third-order valence-electron chi connectivity index (χ3n) is 4.19. The summed E-state index contributed by atoms with van der Waals surface area (Å²) in [5.74, 6) is -1.00. The van der Waals surface area contributed by atoms with Gasteiger partial charge >= 0.3 is 6.36 Å². The molecule has 1 N–H and O–H groups in total. The molecule has 0 saturated carbocycles. The van der Waals surface area contributed by atoms with Crippen molar-refractivity contribution in [3.63, 3.8) is 0 Å². The van der Waals surface area contributed by atoms with Crippen molar-refractivity contribution in [1.29, 1.82) is 0 Å². The standard InChI is InChI=1S/C20H14F3N3O2S/c1-12-17(18(27)24-14-9-5-6-10-16(14)28-20(21,22)23)29-19-25-15(11-26(12)19)13-7-3-2-4-8-13/h2-11H,1H3,(H,24,27). The predicted molar refractivity (Wildman–Crippen MR) is 104 cm³/mol. The van der Waals surface area contributed by atoms with Crippen molar-refractivity contribution in [2.45, 2.75) is 13.3 Å². The summed E-state index contributed by atoms with van der Waals surface area (Å²) in [6.45, 7) is 1.76. The fourth-order valence-corrected chi connectivity index (χ4v) is 3.88. The van der Waals surface area contributed by atoms with Crippen LogP contribution in [-0.4, -0.2) is 21.7 Å². The number of halogens is 3. The number of imidazole rings is 1. The second kappa shape index (κ2) is 7.25. The average molecular weight is 417 g/mol. The Morgan fingerprint density at radius 1 is 1.10 bits per heavy atom. The van der Waals surface area contributed by atoms with Crippen LogP contribution in [0.1, 0.15) is 15.4 Å². The van der Waals surface area contributed by atoms with Gasteiger partial charge in [-0.3, -0.25) is 9.20 Å². The summed E-state index contributed by atoms with van der Waals surface area (Å²) in [6.07, 6.45) is -3.03. The molecule has 5 nitrogen and oxygen atoms in total. The van der Waals surface area contributed by atoms with Gasteiger partial charge in [-0.1, -0.05) is 53.8 Å². The van der Waals surface area contributed by atoms with Gasteiger partial charge in [-0.25, -0.2) is 4.98 Å². The number of anilines is 1. The molecular weight excluding hydrogens is 403 g/mol. The van der Waals surface area contributed by atoms with Gasteiger partial charge in [-0.15, -0.1) is 13.2 Å². The zero-order valence-electron chi connectivity index (χ0n) is 15.0. The van der Waals surface area contributed by atoms with E-state index in [-0.39, 0.29) is 5.69 Å². The first-order chi connectivity index (χ1) is 13.8. The minimum Gasteiger partial charge on any atom is -0.404 e. The maximum absolute atomic E-state index is 12.7. The van der Waals surface area contributed by atoms with E-state index >= 15 is 0 Å². The van der Waals surface area contributed by atoms with Crippen LogP contribution < -0.4 is 10.1 Å². The zero-order valence-corrected chi connectivity index (χ0v) is 15.8. The topological polar surface area (TPSA) is 55.6 Å². The van der Waals surface area contributed by atoms with Crippen molar-refractivity contribution in [1.82, 2.24) is 9.38 Å². The molecule has 0 spiro atoms. The molecule has 0 radical (unpaired) electrons. The highest BCUT2D eigenvalue weighted by Gasteiger charge is 2.32. The van der Waals surface area contributed by atoms with E-state index in [4.69, 9.17) is 0 Å². The molecule has 148 valence electrons. The molecule has 4 aromatic rings. The van der Waals surface area contributed by atoms with Crippen LogP contribution >= 0.6 is 11.3 Å². The van der Waals surface area contributed by atoms with Gasteiger partial charge in [0.05, 0.1) is 11.4 Å². The number of carbonyl (C=O) groups is 1. The largest absolute Gasteiger partial charge is 0.573 e. The van der Waals surface area contributed by atoms with Crippen LogP contribution in [0.5, 0.6) is 5.75 Å². The molecule has 0 saturated heterocycles. The number of fused-ring (bicyclic) bond motifs is 1. The summed E-state index contributed by atoms with van der Waals surface area (Å²) >= 11 is 1.16. The van der Waals surface area contributed by atoms with Crippen LogP contribution in [0.4, 0.5) is 18.9 Å². The van der Waals surface area contributed by atoms with E-state index < -0.39 is 18.0 Å². The van der Waals surface area contributed by atoms with E-state index in [1.54, 1.807) is 11.3 Å². The van der Waals surface area contributed by atoms with Crippen molar-refractivity contribution in [2.24, 2.45) is 0 Å². The number of thiazole rings is 1. The van der Waals surface area contributed by atoms with E-state index in [1.165, 1.54) is 18.2 Å². The second-order valence-electron chi connectivity index (χ2n) is 6.16. The molecule has 2 aromatic carbocycles. The number of rotatable bonds is 4. The third kappa shape index (κ3) is 3.95. The van der Waals surface area contributed by atoms with E-state index in [0.717, 1.165) is 28.7 Å². The molecular formula is C20H14F3N3O2S. The SMILES string of the molecule is Cc1c(C(=O)Nc2ccccc2OC(F)(F)F)sc2nc(-c3ccccc3)cn12. The summed E-state index contributed by atoms with van der Waals surface area (Å²) in [6, 6.07) is 15.0. The molecule has 0 fully saturated rings. The van der Waals surface area contributed by atoms with Crippen LogP contribution in [0.2, 0.25) is 0 Å². The van der Waals surface area contributed by atoms with Crippen molar-refractivity contribution in [2.75, 3.05) is 5.32 Å². The number of benzene rings is 2. The number of hydrogen-bond donors (Lipinski definition) is 1. The number of hydrogen-bond acceptors (Lipinski definition) is 4.